The highest BCUT2D eigenvalue weighted by Crippen LogP contribution is 2.49. The number of hydrogen-bond acceptors (Lipinski definition) is 3. The van der Waals surface area contributed by atoms with E-state index in [9.17, 15) is 2.74 Å². The summed E-state index contributed by atoms with van der Waals surface area (Å²) >= 11 is 0. The number of anilines is 3. The van der Waals surface area contributed by atoms with Crippen molar-refractivity contribution in [3.8, 4) is 22.3 Å². The molecule has 0 saturated heterocycles. The van der Waals surface area contributed by atoms with Crippen LogP contribution in [0.1, 0.15) is 8.22 Å². The van der Waals surface area contributed by atoms with Gasteiger partial charge >= 0.3 is 0 Å². The Morgan fingerprint density at radius 3 is 1.91 bits per heavy atom. The van der Waals surface area contributed by atoms with Gasteiger partial charge in [0.1, 0.15) is 22.3 Å². The third kappa shape index (κ3) is 4.21. The average molecular weight is 584 g/mol. The van der Waals surface area contributed by atoms with Gasteiger partial charge in [-0.25, -0.2) is 0 Å². The Morgan fingerprint density at radius 2 is 1.09 bits per heavy atom. The summed E-state index contributed by atoms with van der Waals surface area (Å²) in [4.78, 5) is 1.99. The van der Waals surface area contributed by atoms with Gasteiger partial charge in [-0.05, 0) is 71.2 Å². The molecule has 9 rings (SSSR count). The van der Waals surface area contributed by atoms with Crippen molar-refractivity contribution in [1.82, 2.24) is 0 Å². The van der Waals surface area contributed by atoms with Gasteiger partial charge in [0.2, 0.25) is 0 Å². The first-order valence-electron chi connectivity index (χ1n) is 17.7. The maximum absolute atomic E-state index is 9.44. The fourth-order valence-electron chi connectivity index (χ4n) is 6.17. The molecule has 3 nitrogen and oxygen atoms in total. The Kier molecular flexibility index (Phi) is 4.57. The third-order valence-corrected chi connectivity index (χ3v) is 8.25. The Balaban J connectivity index is 1.45. The van der Waals surface area contributed by atoms with E-state index in [4.69, 9.17) is 14.3 Å². The van der Waals surface area contributed by atoms with Gasteiger partial charge in [0.25, 0.3) is 0 Å². The van der Waals surface area contributed by atoms with Crippen LogP contribution in [0.25, 0.3) is 66.1 Å². The van der Waals surface area contributed by atoms with Crippen molar-refractivity contribution in [2.45, 2.75) is 0 Å². The maximum atomic E-state index is 9.44. The highest BCUT2D eigenvalue weighted by atomic mass is 16.3. The zero-order valence-electron chi connectivity index (χ0n) is 29.9. The van der Waals surface area contributed by atoms with Gasteiger partial charge in [0, 0.05) is 33.1 Å². The average Bonchev–Trinajstić information content (AvgIpc) is 3.76. The predicted octanol–water partition coefficient (Wildman–Crippen LogP) is 12.3. The lowest BCUT2D eigenvalue weighted by atomic mass is 9.97. The first-order valence-corrected chi connectivity index (χ1v) is 14.7. The van der Waals surface area contributed by atoms with Crippen LogP contribution < -0.4 is 4.90 Å². The molecule has 0 spiro atoms. The van der Waals surface area contributed by atoms with E-state index in [0.717, 1.165) is 33.2 Å². The molecule has 0 aliphatic heterocycles. The number of nitrogens with zero attached hydrogens (tertiary/aromatic N) is 1. The quantitative estimate of drug-likeness (QED) is 0.202. The molecule has 0 bridgehead atoms. The standard InChI is InChI=1S/C42H27NO2/c1-3-11-28(12-4-1)29-19-21-31(22-20-29)43(32-23-25-39-36(27-32)34-15-7-9-17-37(34)44-39)42-33(30-13-5-2-6-14-30)24-26-40-41(42)35-16-8-10-18-38(35)45-40/h1-27H/i8D,10D,16D,18D,24D,26D. The summed E-state index contributed by atoms with van der Waals surface area (Å²) in [6.45, 7) is 0. The number of rotatable bonds is 5. The summed E-state index contributed by atoms with van der Waals surface area (Å²) in [5.41, 5.74) is 6.46. The van der Waals surface area contributed by atoms with Crippen LogP contribution in [0, 0.1) is 0 Å². The summed E-state index contributed by atoms with van der Waals surface area (Å²) in [5.74, 6) is 0. The number of benzene rings is 7. The molecule has 0 N–H and O–H groups in total. The van der Waals surface area contributed by atoms with E-state index < -0.39 is 12.1 Å². The van der Waals surface area contributed by atoms with Gasteiger partial charge in [0.05, 0.1) is 19.3 Å². The SMILES string of the molecule is [2H]c1c([2H])c([2H])c2c(oc3c([2H])c([2H])c(-c4ccccc4)c(N(c4ccc(-c5ccccc5)cc4)c4ccc5oc6ccccc6c5c4)c32)c1[2H]. The molecule has 7 aromatic carbocycles. The van der Waals surface area contributed by atoms with E-state index >= 15 is 0 Å². The van der Waals surface area contributed by atoms with Crippen LogP contribution in [0.4, 0.5) is 17.1 Å². The van der Waals surface area contributed by atoms with Crippen LogP contribution in [0.5, 0.6) is 0 Å². The van der Waals surface area contributed by atoms with Gasteiger partial charge in [-0.15, -0.1) is 0 Å². The second-order valence-corrected chi connectivity index (χ2v) is 10.9. The lowest BCUT2D eigenvalue weighted by Crippen LogP contribution is -2.11. The maximum Gasteiger partial charge on any atom is 0.137 e. The van der Waals surface area contributed by atoms with Crippen LogP contribution >= 0.6 is 0 Å². The van der Waals surface area contributed by atoms with E-state index in [-0.39, 0.29) is 40.7 Å². The molecule has 0 amide bonds. The first kappa shape index (κ1) is 20.0. The molecule has 0 saturated carbocycles. The molecule has 0 fully saturated rings. The molecule has 0 unspecified atom stereocenters. The van der Waals surface area contributed by atoms with Gasteiger partial charge in [-0.3, -0.25) is 0 Å². The van der Waals surface area contributed by atoms with Crippen molar-refractivity contribution >= 4 is 60.9 Å². The fourth-order valence-corrected chi connectivity index (χ4v) is 6.17. The Bertz CT molecular complexity index is 2810. The Hall–Kier alpha value is -6.06. The Morgan fingerprint density at radius 1 is 0.444 bits per heavy atom. The summed E-state index contributed by atoms with van der Waals surface area (Å²) in [6.07, 6.45) is 0. The molecule has 9 aromatic rings. The number of fused-ring (bicyclic) bond motifs is 6. The van der Waals surface area contributed by atoms with Crippen LogP contribution in [0.2, 0.25) is 0 Å². The van der Waals surface area contributed by atoms with Crippen molar-refractivity contribution in [2.24, 2.45) is 0 Å². The van der Waals surface area contributed by atoms with Gasteiger partial charge in [0.15, 0.2) is 0 Å². The summed E-state index contributed by atoms with van der Waals surface area (Å²) in [7, 11) is 0. The van der Waals surface area contributed by atoms with Crippen LogP contribution in [0.3, 0.4) is 0 Å². The molecule has 212 valence electrons. The molecule has 0 aliphatic carbocycles. The van der Waals surface area contributed by atoms with E-state index in [1.54, 1.807) is 0 Å². The molecule has 45 heavy (non-hydrogen) atoms. The highest BCUT2D eigenvalue weighted by molar-refractivity contribution is 6.17. The van der Waals surface area contributed by atoms with E-state index in [1.807, 2.05) is 132 Å². The van der Waals surface area contributed by atoms with E-state index in [0.29, 0.717) is 33.5 Å². The lowest BCUT2D eigenvalue weighted by Gasteiger charge is -2.29. The lowest BCUT2D eigenvalue weighted by molar-refractivity contribution is 0.668. The van der Waals surface area contributed by atoms with Crippen molar-refractivity contribution in [3.63, 3.8) is 0 Å². The molecular formula is C42H27NO2. The minimum atomic E-state index is -0.431. The van der Waals surface area contributed by atoms with Crippen LogP contribution in [0.15, 0.2) is 172 Å². The minimum absolute atomic E-state index is 0.0115. The topological polar surface area (TPSA) is 29.5 Å². The van der Waals surface area contributed by atoms with Crippen LogP contribution in [-0.2, 0) is 0 Å². The molecule has 3 heteroatoms. The predicted molar refractivity (Wildman–Crippen MR) is 187 cm³/mol. The van der Waals surface area contributed by atoms with Crippen molar-refractivity contribution in [2.75, 3.05) is 4.90 Å². The molecule has 2 aromatic heterocycles. The summed E-state index contributed by atoms with van der Waals surface area (Å²) < 4.78 is 65.8. The van der Waals surface area contributed by atoms with Gasteiger partial charge in [-0.2, -0.15) is 0 Å². The molecule has 0 atom stereocenters. The second-order valence-electron chi connectivity index (χ2n) is 10.9. The summed E-state index contributed by atoms with van der Waals surface area (Å²) in [5, 5.41) is 2.29. The number of para-hydroxylation sites is 2. The normalized spacial score (nSPS) is 13.4. The second kappa shape index (κ2) is 10.3. The molecule has 0 radical (unpaired) electrons. The zero-order chi connectivity index (χ0) is 35.0. The van der Waals surface area contributed by atoms with Crippen molar-refractivity contribution in [1.29, 1.82) is 0 Å². The number of hydrogen-bond donors (Lipinski definition) is 0. The Labute approximate surface area is 268 Å². The number of furan rings is 2. The third-order valence-electron chi connectivity index (χ3n) is 8.25. The molecule has 2 heterocycles. The first-order chi connectivity index (χ1) is 24.8. The zero-order valence-corrected chi connectivity index (χ0v) is 23.9. The van der Waals surface area contributed by atoms with Gasteiger partial charge < -0.3 is 13.7 Å². The monoisotopic (exact) mass is 583 g/mol. The van der Waals surface area contributed by atoms with E-state index in [1.165, 1.54) is 0 Å². The highest BCUT2D eigenvalue weighted by Gasteiger charge is 2.24. The molecular weight excluding hydrogens is 550 g/mol. The van der Waals surface area contributed by atoms with Gasteiger partial charge in [-0.1, -0.05) is 109 Å². The van der Waals surface area contributed by atoms with Crippen molar-refractivity contribution < 1.29 is 17.1 Å². The fraction of sp³-hybridized carbons (Fsp3) is 0. The molecule has 0 aliphatic rings. The van der Waals surface area contributed by atoms with Crippen molar-refractivity contribution in [3.05, 3.63) is 164 Å². The summed E-state index contributed by atoms with van der Waals surface area (Å²) in [6, 6.07) is 39.4. The van der Waals surface area contributed by atoms with E-state index in [2.05, 4.69) is 0 Å². The minimum Gasteiger partial charge on any atom is -0.456 e. The smallest absolute Gasteiger partial charge is 0.137 e. The largest absolute Gasteiger partial charge is 0.456 e. The van der Waals surface area contributed by atoms with Crippen LogP contribution in [-0.4, -0.2) is 0 Å².